The normalized spacial score (nSPS) is 16.0. The van der Waals surface area contributed by atoms with Crippen LogP contribution < -0.4 is 4.74 Å². The molecule has 4 heteroatoms. The van der Waals surface area contributed by atoms with Gasteiger partial charge in [0.15, 0.2) is 0 Å². The Morgan fingerprint density at radius 2 is 2.06 bits per heavy atom. The number of nitrogens with zero attached hydrogens (tertiary/aromatic N) is 2. The summed E-state index contributed by atoms with van der Waals surface area (Å²) >= 11 is 3.41. The summed E-state index contributed by atoms with van der Waals surface area (Å²) in [7, 11) is 0. The van der Waals surface area contributed by atoms with Gasteiger partial charge in [0, 0.05) is 12.0 Å². The summed E-state index contributed by atoms with van der Waals surface area (Å²) in [6.07, 6.45) is 3.43. The van der Waals surface area contributed by atoms with Crippen LogP contribution in [0.25, 0.3) is 0 Å². The highest BCUT2D eigenvalue weighted by molar-refractivity contribution is 9.10. The maximum absolute atomic E-state index is 5.70. The van der Waals surface area contributed by atoms with Crippen LogP contribution in [0.2, 0.25) is 0 Å². The topological polar surface area (TPSA) is 35.0 Å². The van der Waals surface area contributed by atoms with Crippen LogP contribution in [-0.2, 0) is 0 Å². The highest BCUT2D eigenvalue weighted by atomic mass is 79.9. The van der Waals surface area contributed by atoms with E-state index in [1.54, 1.807) is 0 Å². The van der Waals surface area contributed by atoms with Crippen molar-refractivity contribution in [3.8, 4) is 5.88 Å². The fourth-order valence-corrected chi connectivity index (χ4v) is 1.85. The highest BCUT2D eigenvalue weighted by Gasteiger charge is 2.27. The molecule has 0 radical (unpaired) electrons. The molecule has 0 aliphatic heterocycles. The van der Waals surface area contributed by atoms with Crippen LogP contribution in [0.5, 0.6) is 5.88 Å². The third-order valence-corrected chi connectivity index (χ3v) is 3.14. The summed E-state index contributed by atoms with van der Waals surface area (Å²) in [5.74, 6) is 2.17. The fourth-order valence-electron chi connectivity index (χ4n) is 1.47. The van der Waals surface area contributed by atoms with E-state index in [2.05, 4.69) is 46.7 Å². The third kappa shape index (κ3) is 4.26. The molecule has 1 saturated carbocycles. The zero-order valence-electron chi connectivity index (χ0n) is 10.7. The van der Waals surface area contributed by atoms with Crippen molar-refractivity contribution >= 4 is 15.9 Å². The number of ether oxygens (including phenoxy) is 1. The van der Waals surface area contributed by atoms with Gasteiger partial charge >= 0.3 is 0 Å². The van der Waals surface area contributed by atoms with Gasteiger partial charge in [0.1, 0.15) is 10.4 Å². The number of hydrogen-bond donors (Lipinski definition) is 0. The van der Waals surface area contributed by atoms with Gasteiger partial charge in [-0.15, -0.1) is 0 Å². The number of rotatable bonds is 4. The molecule has 0 spiro atoms. The van der Waals surface area contributed by atoms with Gasteiger partial charge in [-0.1, -0.05) is 20.8 Å². The van der Waals surface area contributed by atoms with Gasteiger partial charge in [-0.3, -0.25) is 0 Å². The number of hydrogen-bond acceptors (Lipinski definition) is 3. The third-order valence-electron chi connectivity index (χ3n) is 2.73. The molecule has 0 atom stereocenters. The summed E-state index contributed by atoms with van der Waals surface area (Å²) < 4.78 is 6.52. The molecule has 0 unspecified atom stereocenters. The summed E-state index contributed by atoms with van der Waals surface area (Å²) in [4.78, 5) is 8.83. The Hall–Kier alpha value is -0.640. The van der Waals surface area contributed by atoms with Crippen molar-refractivity contribution in [3.63, 3.8) is 0 Å². The SMILES string of the molecule is CC(C)(C)CCOc1cc(Br)nc(C2CC2)n1. The average Bonchev–Trinajstić information content (AvgIpc) is 2.97. The molecule has 3 nitrogen and oxygen atoms in total. The molecule has 1 heterocycles. The lowest BCUT2D eigenvalue weighted by atomic mass is 9.93. The van der Waals surface area contributed by atoms with Crippen LogP contribution in [0.4, 0.5) is 0 Å². The van der Waals surface area contributed by atoms with Crippen molar-refractivity contribution in [1.82, 2.24) is 9.97 Å². The van der Waals surface area contributed by atoms with Gasteiger partial charge in [-0.2, -0.15) is 4.98 Å². The van der Waals surface area contributed by atoms with Crippen molar-refractivity contribution in [2.75, 3.05) is 6.61 Å². The van der Waals surface area contributed by atoms with E-state index in [1.807, 2.05) is 6.07 Å². The zero-order valence-corrected chi connectivity index (χ0v) is 12.2. The quantitative estimate of drug-likeness (QED) is 0.790. The second-order valence-electron chi connectivity index (χ2n) is 5.82. The second-order valence-corrected chi connectivity index (χ2v) is 6.63. The van der Waals surface area contributed by atoms with E-state index < -0.39 is 0 Å². The Bertz CT molecular complexity index is 397. The monoisotopic (exact) mass is 298 g/mol. The van der Waals surface area contributed by atoms with Crippen LogP contribution >= 0.6 is 15.9 Å². The number of aromatic nitrogens is 2. The number of halogens is 1. The molecule has 0 N–H and O–H groups in total. The molecule has 1 aliphatic rings. The van der Waals surface area contributed by atoms with Crippen LogP contribution in [0.1, 0.15) is 51.8 Å². The standard InChI is InChI=1S/C13H19BrN2O/c1-13(2,3)6-7-17-11-8-10(14)15-12(16-11)9-4-5-9/h8-9H,4-7H2,1-3H3. The molecule has 2 rings (SSSR count). The van der Waals surface area contributed by atoms with E-state index in [9.17, 15) is 0 Å². The summed E-state index contributed by atoms with van der Waals surface area (Å²) in [6.45, 7) is 7.34. The zero-order chi connectivity index (χ0) is 12.5. The Morgan fingerprint density at radius 1 is 1.35 bits per heavy atom. The van der Waals surface area contributed by atoms with Crippen molar-refractivity contribution in [2.45, 2.75) is 46.0 Å². The minimum atomic E-state index is 0.295. The first-order valence-electron chi connectivity index (χ1n) is 6.11. The molecular weight excluding hydrogens is 280 g/mol. The van der Waals surface area contributed by atoms with E-state index in [1.165, 1.54) is 12.8 Å². The van der Waals surface area contributed by atoms with Gasteiger partial charge in [-0.25, -0.2) is 4.98 Å². The Morgan fingerprint density at radius 3 is 2.65 bits per heavy atom. The highest BCUT2D eigenvalue weighted by Crippen LogP contribution is 2.39. The first-order chi connectivity index (χ1) is 7.94. The minimum Gasteiger partial charge on any atom is -0.478 e. The first kappa shape index (κ1) is 12.8. The molecule has 1 aromatic heterocycles. The van der Waals surface area contributed by atoms with Gasteiger partial charge in [0.05, 0.1) is 6.61 Å². The molecule has 17 heavy (non-hydrogen) atoms. The first-order valence-corrected chi connectivity index (χ1v) is 6.91. The summed E-state index contributed by atoms with van der Waals surface area (Å²) in [6, 6.07) is 1.84. The lowest BCUT2D eigenvalue weighted by molar-refractivity contribution is 0.235. The summed E-state index contributed by atoms with van der Waals surface area (Å²) in [5, 5.41) is 0. The molecule has 0 aromatic carbocycles. The van der Waals surface area contributed by atoms with Crippen LogP contribution in [0.15, 0.2) is 10.7 Å². The Labute approximate surface area is 111 Å². The van der Waals surface area contributed by atoms with Crippen LogP contribution in [0, 0.1) is 5.41 Å². The molecule has 0 saturated heterocycles. The van der Waals surface area contributed by atoms with E-state index in [0.29, 0.717) is 23.8 Å². The fraction of sp³-hybridized carbons (Fsp3) is 0.692. The van der Waals surface area contributed by atoms with Gasteiger partial charge in [0.2, 0.25) is 5.88 Å². The van der Waals surface area contributed by atoms with Crippen molar-refractivity contribution in [1.29, 1.82) is 0 Å². The lowest BCUT2D eigenvalue weighted by Crippen LogP contribution is -2.12. The minimum absolute atomic E-state index is 0.295. The van der Waals surface area contributed by atoms with Gasteiger partial charge in [0.25, 0.3) is 0 Å². The van der Waals surface area contributed by atoms with Crippen LogP contribution in [-0.4, -0.2) is 16.6 Å². The van der Waals surface area contributed by atoms with E-state index in [-0.39, 0.29) is 0 Å². The lowest BCUT2D eigenvalue weighted by Gasteiger charge is -2.17. The van der Waals surface area contributed by atoms with Crippen molar-refractivity contribution in [2.24, 2.45) is 5.41 Å². The molecule has 94 valence electrons. The van der Waals surface area contributed by atoms with Crippen molar-refractivity contribution in [3.05, 3.63) is 16.5 Å². The molecular formula is C13H19BrN2O. The maximum Gasteiger partial charge on any atom is 0.217 e. The predicted molar refractivity (Wildman–Crippen MR) is 71.3 cm³/mol. The molecule has 1 fully saturated rings. The molecule has 0 bridgehead atoms. The average molecular weight is 299 g/mol. The smallest absolute Gasteiger partial charge is 0.217 e. The second kappa shape index (κ2) is 4.92. The van der Waals surface area contributed by atoms with Gasteiger partial charge in [-0.05, 0) is 40.6 Å². The van der Waals surface area contributed by atoms with Crippen molar-refractivity contribution < 1.29 is 4.74 Å². The van der Waals surface area contributed by atoms with E-state index in [0.717, 1.165) is 16.8 Å². The molecule has 1 aliphatic carbocycles. The van der Waals surface area contributed by atoms with E-state index in [4.69, 9.17) is 4.74 Å². The van der Waals surface area contributed by atoms with Crippen LogP contribution in [0.3, 0.4) is 0 Å². The Kier molecular flexibility index (Phi) is 3.71. The van der Waals surface area contributed by atoms with E-state index >= 15 is 0 Å². The predicted octanol–water partition coefficient (Wildman–Crippen LogP) is 3.93. The Balaban J connectivity index is 1.95. The molecule has 1 aromatic rings. The van der Waals surface area contributed by atoms with Gasteiger partial charge < -0.3 is 4.74 Å². The largest absolute Gasteiger partial charge is 0.478 e. The molecule has 0 amide bonds. The summed E-state index contributed by atoms with van der Waals surface area (Å²) in [5.41, 5.74) is 0.295. The maximum atomic E-state index is 5.70.